The van der Waals surface area contributed by atoms with Crippen molar-refractivity contribution < 1.29 is 9.53 Å². The van der Waals surface area contributed by atoms with Gasteiger partial charge in [0.25, 0.3) is 0 Å². The molecule has 0 saturated heterocycles. The normalized spacial score (nSPS) is 21.0. The molecular weight excluding hydrogens is 439 g/mol. The lowest BCUT2D eigenvalue weighted by molar-refractivity contribution is -0.133. The van der Waals surface area contributed by atoms with Crippen LogP contribution in [0.25, 0.3) is 0 Å². The van der Waals surface area contributed by atoms with Gasteiger partial charge in [-0.2, -0.15) is 5.10 Å². The van der Waals surface area contributed by atoms with Crippen molar-refractivity contribution in [2.24, 2.45) is 11.0 Å². The largest absolute Gasteiger partial charge is 0.497 e. The Morgan fingerprint density at radius 3 is 2.88 bits per heavy atom. The molecule has 26 heavy (non-hydrogen) atoms. The Morgan fingerprint density at radius 2 is 2.15 bits per heavy atom. The minimum atomic E-state index is -0.0117. The molecule has 134 valence electrons. The number of hydrazone groups is 1. The smallest absolute Gasteiger partial charge is 0.242 e. The van der Waals surface area contributed by atoms with E-state index in [-0.39, 0.29) is 17.9 Å². The number of hydrogen-bond donors (Lipinski definition) is 0. The Labute approximate surface area is 167 Å². The number of nitrogens with zero attached hydrogens (tertiary/aromatic N) is 2. The number of hydrogen-bond acceptors (Lipinski definition) is 3. The second-order valence-corrected chi connectivity index (χ2v) is 7.99. The minimum Gasteiger partial charge on any atom is -0.497 e. The maximum absolute atomic E-state index is 12.6. The Kier molecular flexibility index (Phi) is 4.73. The van der Waals surface area contributed by atoms with Crippen molar-refractivity contribution >= 4 is 34.2 Å². The number of rotatable bonds is 3. The van der Waals surface area contributed by atoms with Gasteiger partial charge in [0, 0.05) is 21.5 Å². The molecule has 0 fully saturated rings. The number of ether oxygens (including phenoxy) is 1. The van der Waals surface area contributed by atoms with Gasteiger partial charge in [0.15, 0.2) is 0 Å². The summed E-state index contributed by atoms with van der Waals surface area (Å²) in [5.74, 6) is 1.19. The van der Waals surface area contributed by atoms with Crippen molar-refractivity contribution in [2.75, 3.05) is 7.11 Å². The molecule has 2 aromatic rings. The highest BCUT2D eigenvalue weighted by Crippen LogP contribution is 2.44. The summed E-state index contributed by atoms with van der Waals surface area (Å²) in [4.78, 5) is 12.6. The van der Waals surface area contributed by atoms with Crippen molar-refractivity contribution in [2.45, 2.75) is 32.2 Å². The Balaban J connectivity index is 1.80. The van der Waals surface area contributed by atoms with E-state index in [1.165, 1.54) is 14.7 Å². The van der Waals surface area contributed by atoms with Crippen molar-refractivity contribution in [3.05, 3.63) is 62.7 Å². The summed E-state index contributed by atoms with van der Waals surface area (Å²) in [6.45, 7) is 1.90. The molecule has 5 heteroatoms. The van der Waals surface area contributed by atoms with E-state index in [4.69, 9.17) is 9.84 Å². The van der Waals surface area contributed by atoms with Gasteiger partial charge in [-0.1, -0.05) is 19.1 Å². The van der Waals surface area contributed by atoms with Crippen LogP contribution in [0, 0.1) is 9.49 Å². The summed E-state index contributed by atoms with van der Waals surface area (Å²) in [5, 5.41) is 6.55. The summed E-state index contributed by atoms with van der Waals surface area (Å²) in [7, 11) is 1.69. The lowest BCUT2D eigenvalue weighted by Gasteiger charge is -2.29. The molecule has 0 bridgehead atoms. The number of benzene rings is 2. The van der Waals surface area contributed by atoms with E-state index < -0.39 is 0 Å². The molecule has 0 unspecified atom stereocenters. The standard InChI is InChI=1S/C21H21IN2O2/c1-3-19(25)24-21(14-5-4-6-15(22)11-14)18-9-7-13-12-16(26-2)8-10-17(13)20(18)23-24/h4-6,8,10-12,18,21H,3,7,9H2,1-2H3/t18-,21-/m1/s1. The van der Waals surface area contributed by atoms with Gasteiger partial charge >= 0.3 is 0 Å². The van der Waals surface area contributed by atoms with E-state index in [2.05, 4.69) is 59.0 Å². The van der Waals surface area contributed by atoms with Gasteiger partial charge in [-0.05, 0) is 76.9 Å². The zero-order valence-corrected chi connectivity index (χ0v) is 17.1. The van der Waals surface area contributed by atoms with E-state index in [1.807, 2.05) is 13.0 Å². The fourth-order valence-electron chi connectivity index (χ4n) is 4.02. The first kappa shape index (κ1) is 17.5. The molecule has 1 amide bonds. The van der Waals surface area contributed by atoms with Crippen LogP contribution in [-0.2, 0) is 11.2 Å². The maximum Gasteiger partial charge on any atom is 0.242 e. The van der Waals surface area contributed by atoms with Crippen LogP contribution in [0.15, 0.2) is 47.6 Å². The molecule has 2 atom stereocenters. The first-order valence-electron chi connectivity index (χ1n) is 8.95. The van der Waals surface area contributed by atoms with Crippen LogP contribution in [0.3, 0.4) is 0 Å². The molecule has 0 N–H and O–H groups in total. The lowest BCUT2D eigenvalue weighted by atomic mass is 9.77. The zero-order valence-electron chi connectivity index (χ0n) is 14.9. The highest BCUT2D eigenvalue weighted by molar-refractivity contribution is 14.1. The predicted molar refractivity (Wildman–Crippen MR) is 110 cm³/mol. The van der Waals surface area contributed by atoms with Gasteiger partial charge in [-0.15, -0.1) is 0 Å². The van der Waals surface area contributed by atoms with Crippen molar-refractivity contribution in [1.82, 2.24) is 5.01 Å². The molecular formula is C21H21IN2O2. The van der Waals surface area contributed by atoms with Gasteiger partial charge < -0.3 is 4.74 Å². The van der Waals surface area contributed by atoms with E-state index >= 15 is 0 Å². The monoisotopic (exact) mass is 460 g/mol. The van der Waals surface area contributed by atoms with Crippen molar-refractivity contribution in [3.63, 3.8) is 0 Å². The van der Waals surface area contributed by atoms with Crippen LogP contribution in [0.4, 0.5) is 0 Å². The number of carbonyl (C=O) groups is 1. The molecule has 0 aromatic heterocycles. The average Bonchev–Trinajstić information content (AvgIpc) is 3.06. The van der Waals surface area contributed by atoms with Crippen LogP contribution in [0.1, 0.15) is 42.5 Å². The summed E-state index contributed by atoms with van der Waals surface area (Å²) in [5.41, 5.74) is 4.62. The summed E-state index contributed by atoms with van der Waals surface area (Å²) in [6, 6.07) is 14.6. The SMILES string of the molecule is CCC(=O)N1N=C2c3ccc(OC)cc3CC[C@H]2[C@H]1c1cccc(I)c1. The fraction of sp³-hybridized carbons (Fsp3) is 0.333. The number of fused-ring (bicyclic) bond motifs is 3. The van der Waals surface area contributed by atoms with Crippen LogP contribution < -0.4 is 4.74 Å². The van der Waals surface area contributed by atoms with Gasteiger partial charge in [0.1, 0.15) is 5.75 Å². The zero-order chi connectivity index (χ0) is 18.3. The number of amides is 1. The molecule has 1 aliphatic heterocycles. The van der Waals surface area contributed by atoms with Gasteiger partial charge in [-0.3, -0.25) is 4.79 Å². The van der Waals surface area contributed by atoms with Gasteiger partial charge in [-0.25, -0.2) is 5.01 Å². The molecule has 4 nitrogen and oxygen atoms in total. The van der Waals surface area contributed by atoms with Gasteiger partial charge in [0.05, 0.1) is 18.9 Å². The Hall–Kier alpha value is -1.89. The number of methoxy groups -OCH3 is 1. The minimum absolute atomic E-state index is 0.0117. The molecule has 0 spiro atoms. The first-order valence-corrected chi connectivity index (χ1v) is 10.0. The van der Waals surface area contributed by atoms with Crippen LogP contribution in [0.2, 0.25) is 0 Å². The molecule has 0 saturated carbocycles. The molecule has 1 aliphatic carbocycles. The van der Waals surface area contributed by atoms with Crippen molar-refractivity contribution in [3.8, 4) is 5.75 Å². The molecule has 2 aliphatic rings. The molecule has 1 heterocycles. The second kappa shape index (κ2) is 7.02. The number of aryl methyl sites for hydroxylation is 1. The summed E-state index contributed by atoms with van der Waals surface area (Å²) < 4.78 is 6.55. The highest BCUT2D eigenvalue weighted by atomic mass is 127. The molecule has 2 aromatic carbocycles. The Morgan fingerprint density at radius 1 is 1.31 bits per heavy atom. The number of halogens is 1. The van der Waals surface area contributed by atoms with E-state index in [0.717, 1.165) is 29.9 Å². The predicted octanol–water partition coefficient (Wildman–Crippen LogP) is 4.56. The Bertz CT molecular complexity index is 893. The second-order valence-electron chi connectivity index (χ2n) is 6.75. The maximum atomic E-state index is 12.6. The molecule has 0 radical (unpaired) electrons. The van der Waals surface area contributed by atoms with E-state index in [1.54, 1.807) is 12.1 Å². The van der Waals surface area contributed by atoms with E-state index in [0.29, 0.717) is 6.42 Å². The highest BCUT2D eigenvalue weighted by Gasteiger charge is 2.43. The first-order chi connectivity index (χ1) is 12.6. The lowest BCUT2D eigenvalue weighted by Crippen LogP contribution is -2.31. The van der Waals surface area contributed by atoms with E-state index in [9.17, 15) is 4.79 Å². The van der Waals surface area contributed by atoms with Crippen LogP contribution in [0.5, 0.6) is 5.75 Å². The van der Waals surface area contributed by atoms with Gasteiger partial charge in [0.2, 0.25) is 5.91 Å². The van der Waals surface area contributed by atoms with Crippen LogP contribution in [-0.4, -0.2) is 23.7 Å². The topological polar surface area (TPSA) is 41.9 Å². The third kappa shape index (κ3) is 2.92. The average molecular weight is 460 g/mol. The third-order valence-electron chi connectivity index (χ3n) is 5.27. The quantitative estimate of drug-likeness (QED) is 0.631. The number of carbonyl (C=O) groups excluding carboxylic acids is 1. The third-order valence-corrected chi connectivity index (χ3v) is 5.94. The summed E-state index contributed by atoms with van der Waals surface area (Å²) in [6.07, 6.45) is 2.42. The fourth-order valence-corrected chi connectivity index (χ4v) is 4.59. The van der Waals surface area contributed by atoms with Crippen molar-refractivity contribution in [1.29, 1.82) is 0 Å². The summed E-state index contributed by atoms with van der Waals surface area (Å²) >= 11 is 2.33. The van der Waals surface area contributed by atoms with Crippen LogP contribution >= 0.6 is 22.6 Å². The molecule has 4 rings (SSSR count).